The van der Waals surface area contributed by atoms with Crippen molar-refractivity contribution in [3.05, 3.63) is 39.0 Å². The van der Waals surface area contributed by atoms with Crippen LogP contribution in [-0.2, 0) is 14.8 Å². The van der Waals surface area contributed by atoms with Crippen molar-refractivity contribution in [2.24, 2.45) is 5.92 Å². The lowest BCUT2D eigenvalue weighted by atomic mass is 10.1. The standard InChI is InChI=1S/C13H13N3O6S/c17-11-9-5-8(1-2-10(9)14-13(20)15-11)23(21,22)16-4-3-7(6-16)12(18)19/h1-2,5,7H,3-4,6H2,(H,18,19)(H2,14,15,17,20). The normalized spacial score (nSPS) is 19.2. The van der Waals surface area contributed by atoms with Crippen LogP contribution in [0.15, 0.2) is 32.7 Å². The molecule has 1 fully saturated rings. The molecule has 0 amide bonds. The lowest BCUT2D eigenvalue weighted by Gasteiger charge is -2.16. The summed E-state index contributed by atoms with van der Waals surface area (Å²) in [5.74, 6) is -1.76. The van der Waals surface area contributed by atoms with Crippen molar-refractivity contribution in [1.29, 1.82) is 0 Å². The summed E-state index contributed by atoms with van der Waals surface area (Å²) in [6.07, 6.45) is 0.246. The summed E-state index contributed by atoms with van der Waals surface area (Å²) in [5, 5.41) is 9.01. The SMILES string of the molecule is O=C(O)C1CCN(S(=O)(=O)c2ccc3[nH]c(=O)[nH]c(=O)c3c2)C1. The van der Waals surface area contributed by atoms with E-state index >= 15 is 0 Å². The molecule has 122 valence electrons. The highest BCUT2D eigenvalue weighted by molar-refractivity contribution is 7.89. The van der Waals surface area contributed by atoms with Crippen molar-refractivity contribution >= 4 is 26.9 Å². The Labute approximate surface area is 129 Å². The maximum absolute atomic E-state index is 12.6. The topological polar surface area (TPSA) is 140 Å². The number of nitrogens with one attached hydrogen (secondary N) is 2. The van der Waals surface area contributed by atoms with Crippen LogP contribution in [0.3, 0.4) is 0 Å². The van der Waals surface area contributed by atoms with Gasteiger partial charge >= 0.3 is 11.7 Å². The Morgan fingerprint density at radius 2 is 2.00 bits per heavy atom. The van der Waals surface area contributed by atoms with E-state index in [4.69, 9.17) is 5.11 Å². The van der Waals surface area contributed by atoms with Crippen molar-refractivity contribution in [3.8, 4) is 0 Å². The summed E-state index contributed by atoms with van der Waals surface area (Å²) in [6.45, 7) is 0.0109. The number of carboxylic acid groups (broad SMARTS) is 1. The fourth-order valence-corrected chi connectivity index (χ4v) is 4.13. The number of nitrogens with zero attached hydrogens (tertiary/aromatic N) is 1. The van der Waals surface area contributed by atoms with Crippen molar-refractivity contribution in [3.63, 3.8) is 0 Å². The Bertz CT molecular complexity index is 1010. The molecule has 2 aromatic rings. The predicted octanol–water partition coefficient (Wildman–Crippen LogP) is -0.688. The van der Waals surface area contributed by atoms with Crippen LogP contribution in [-0.4, -0.2) is 46.9 Å². The molecule has 0 bridgehead atoms. The Hall–Kier alpha value is -2.46. The average molecular weight is 339 g/mol. The second-order valence-corrected chi connectivity index (χ2v) is 7.24. The highest BCUT2D eigenvalue weighted by Crippen LogP contribution is 2.25. The van der Waals surface area contributed by atoms with E-state index in [9.17, 15) is 22.8 Å². The zero-order valence-corrected chi connectivity index (χ0v) is 12.6. The molecule has 1 aliphatic heterocycles. The van der Waals surface area contributed by atoms with Gasteiger partial charge in [0, 0.05) is 13.1 Å². The van der Waals surface area contributed by atoms with Gasteiger partial charge in [-0.2, -0.15) is 4.31 Å². The van der Waals surface area contributed by atoms with E-state index < -0.39 is 33.2 Å². The number of aromatic nitrogens is 2. The molecular formula is C13H13N3O6S. The first-order chi connectivity index (χ1) is 10.8. The van der Waals surface area contributed by atoms with Crippen LogP contribution < -0.4 is 11.2 Å². The molecule has 9 nitrogen and oxygen atoms in total. The fraction of sp³-hybridized carbons (Fsp3) is 0.308. The molecule has 0 saturated carbocycles. The van der Waals surface area contributed by atoms with Crippen LogP contribution in [0.25, 0.3) is 10.9 Å². The molecule has 0 radical (unpaired) electrons. The Morgan fingerprint density at radius 3 is 2.65 bits per heavy atom. The van der Waals surface area contributed by atoms with Crippen molar-refractivity contribution in [1.82, 2.24) is 14.3 Å². The molecule has 1 saturated heterocycles. The van der Waals surface area contributed by atoms with E-state index in [1.807, 2.05) is 4.98 Å². The lowest BCUT2D eigenvalue weighted by molar-refractivity contribution is -0.141. The van der Waals surface area contributed by atoms with Crippen LogP contribution in [0, 0.1) is 5.92 Å². The number of hydrogen-bond donors (Lipinski definition) is 3. The van der Waals surface area contributed by atoms with Crippen molar-refractivity contribution in [2.75, 3.05) is 13.1 Å². The zero-order valence-electron chi connectivity index (χ0n) is 11.8. The minimum absolute atomic E-state index is 0.0413. The van der Waals surface area contributed by atoms with E-state index in [0.717, 1.165) is 4.31 Å². The number of H-pyrrole nitrogens is 2. The number of sulfonamides is 1. The van der Waals surface area contributed by atoms with Crippen LogP contribution in [0.2, 0.25) is 0 Å². The van der Waals surface area contributed by atoms with Crippen LogP contribution in [0.4, 0.5) is 0 Å². The third kappa shape index (κ3) is 2.66. The molecule has 0 spiro atoms. The van der Waals surface area contributed by atoms with Gasteiger partial charge in [-0.3, -0.25) is 14.6 Å². The van der Waals surface area contributed by atoms with Gasteiger partial charge in [0.2, 0.25) is 10.0 Å². The highest BCUT2D eigenvalue weighted by atomic mass is 32.2. The number of carboxylic acids is 1. The van der Waals surface area contributed by atoms with Gasteiger partial charge in [0.15, 0.2) is 0 Å². The first-order valence-electron chi connectivity index (χ1n) is 6.78. The molecule has 3 rings (SSSR count). The predicted molar refractivity (Wildman–Crippen MR) is 79.7 cm³/mol. The molecular weight excluding hydrogens is 326 g/mol. The van der Waals surface area contributed by atoms with E-state index in [1.165, 1.54) is 18.2 Å². The van der Waals surface area contributed by atoms with Gasteiger partial charge in [0.1, 0.15) is 0 Å². The van der Waals surface area contributed by atoms with Crippen LogP contribution >= 0.6 is 0 Å². The zero-order chi connectivity index (χ0) is 16.8. The Kier molecular flexibility index (Phi) is 3.57. The Balaban J connectivity index is 2.04. The van der Waals surface area contributed by atoms with Crippen molar-refractivity contribution < 1.29 is 18.3 Å². The summed E-state index contributed by atoms with van der Waals surface area (Å²) in [5.41, 5.74) is -1.14. The number of fused-ring (bicyclic) bond motifs is 1. The third-order valence-corrected chi connectivity index (χ3v) is 5.71. The van der Waals surface area contributed by atoms with Crippen LogP contribution in [0.1, 0.15) is 6.42 Å². The molecule has 1 aliphatic rings. The first kappa shape index (κ1) is 15.4. The summed E-state index contributed by atoms with van der Waals surface area (Å²) >= 11 is 0. The quantitative estimate of drug-likeness (QED) is 0.676. The first-order valence-corrected chi connectivity index (χ1v) is 8.22. The third-order valence-electron chi connectivity index (χ3n) is 3.85. The smallest absolute Gasteiger partial charge is 0.326 e. The summed E-state index contributed by atoms with van der Waals surface area (Å²) in [7, 11) is -3.90. The monoisotopic (exact) mass is 339 g/mol. The van der Waals surface area contributed by atoms with Crippen LogP contribution in [0.5, 0.6) is 0 Å². The number of aliphatic carboxylic acids is 1. The maximum atomic E-state index is 12.6. The summed E-state index contributed by atoms with van der Waals surface area (Å²) in [6, 6.07) is 3.79. The number of rotatable bonds is 3. The largest absolute Gasteiger partial charge is 0.481 e. The van der Waals surface area contributed by atoms with E-state index in [0.29, 0.717) is 0 Å². The van der Waals surface area contributed by atoms with E-state index in [-0.39, 0.29) is 35.3 Å². The maximum Gasteiger partial charge on any atom is 0.326 e. The minimum Gasteiger partial charge on any atom is -0.481 e. The van der Waals surface area contributed by atoms with Gasteiger partial charge in [-0.05, 0) is 24.6 Å². The summed E-state index contributed by atoms with van der Waals surface area (Å²) in [4.78, 5) is 38.3. The molecule has 1 unspecified atom stereocenters. The fourth-order valence-electron chi connectivity index (χ4n) is 2.60. The van der Waals surface area contributed by atoms with Gasteiger partial charge in [0.05, 0.1) is 21.7 Å². The van der Waals surface area contributed by atoms with Crippen molar-refractivity contribution in [2.45, 2.75) is 11.3 Å². The molecule has 10 heteroatoms. The molecule has 1 aromatic carbocycles. The Morgan fingerprint density at radius 1 is 1.26 bits per heavy atom. The molecule has 3 N–H and O–H groups in total. The van der Waals surface area contributed by atoms with Gasteiger partial charge < -0.3 is 10.1 Å². The van der Waals surface area contributed by atoms with E-state index in [2.05, 4.69) is 4.98 Å². The molecule has 2 heterocycles. The van der Waals surface area contributed by atoms with Gasteiger partial charge in [-0.15, -0.1) is 0 Å². The van der Waals surface area contributed by atoms with Gasteiger partial charge in [0.25, 0.3) is 5.56 Å². The number of aromatic amines is 2. The molecule has 1 aromatic heterocycles. The highest BCUT2D eigenvalue weighted by Gasteiger charge is 2.35. The summed E-state index contributed by atoms with van der Waals surface area (Å²) < 4.78 is 26.2. The molecule has 23 heavy (non-hydrogen) atoms. The van der Waals surface area contributed by atoms with Gasteiger partial charge in [-0.25, -0.2) is 13.2 Å². The molecule has 0 aliphatic carbocycles. The minimum atomic E-state index is -3.90. The lowest BCUT2D eigenvalue weighted by Crippen LogP contribution is -2.30. The number of benzene rings is 1. The van der Waals surface area contributed by atoms with E-state index in [1.54, 1.807) is 0 Å². The number of carbonyl (C=O) groups is 1. The second kappa shape index (κ2) is 5.32. The number of hydrogen-bond acceptors (Lipinski definition) is 5. The van der Waals surface area contributed by atoms with Gasteiger partial charge in [-0.1, -0.05) is 0 Å². The second-order valence-electron chi connectivity index (χ2n) is 5.30. The average Bonchev–Trinajstić information content (AvgIpc) is 2.97. The molecule has 1 atom stereocenters.